The largest absolute Gasteiger partial charge is 0.480 e. The van der Waals surface area contributed by atoms with Crippen LogP contribution in [0.25, 0.3) is 0 Å². The van der Waals surface area contributed by atoms with Gasteiger partial charge < -0.3 is 20.3 Å². The third kappa shape index (κ3) is 8.07. The molecule has 0 radical (unpaired) electrons. The maximum absolute atomic E-state index is 14.2. The Kier molecular flexibility index (Phi) is 9.13. The lowest BCUT2D eigenvalue weighted by Crippen LogP contribution is -2.52. The van der Waals surface area contributed by atoms with Gasteiger partial charge in [0.2, 0.25) is 0 Å². The average molecular weight is 459 g/mol. The Hall–Kier alpha value is -2.75. The molecular formula is C22H32F2N2O6. The van der Waals surface area contributed by atoms with Crippen LogP contribution in [0.3, 0.4) is 0 Å². The first-order valence-electron chi connectivity index (χ1n) is 10.2. The molecule has 0 bridgehead atoms. The lowest BCUT2D eigenvalue weighted by molar-refractivity contribution is -0.143. The van der Waals surface area contributed by atoms with E-state index in [0.29, 0.717) is 4.90 Å². The lowest BCUT2D eigenvalue weighted by Gasteiger charge is -2.32. The highest BCUT2D eigenvalue weighted by molar-refractivity contribution is 5.93. The van der Waals surface area contributed by atoms with Crippen molar-refractivity contribution in [3.05, 3.63) is 35.4 Å². The van der Waals surface area contributed by atoms with E-state index in [-0.39, 0.29) is 24.9 Å². The molecule has 0 aliphatic rings. The maximum Gasteiger partial charge on any atom is 0.420 e. The number of carboxylic acid groups (broad SMARTS) is 1. The SMILES string of the molecule is CC(C)(C)OC(=O)N(C(=O)OC(C)(C)C)[C@H](CCC(CN)c1cccc(F)c1F)C(=O)O. The summed E-state index contributed by atoms with van der Waals surface area (Å²) in [5.74, 6) is -4.37. The number of aliphatic carboxylic acids is 1. The van der Waals surface area contributed by atoms with Gasteiger partial charge in [-0.15, -0.1) is 0 Å². The standard InChI is InChI=1S/C22H32F2N2O6/c1-21(2,3)31-19(29)26(20(30)32-22(4,5)6)16(18(27)28)11-10-13(12-25)14-8-7-9-15(23)17(14)24/h7-9,13,16H,10-12,25H2,1-6H3,(H,27,28)/t13?,16-/m1/s1. The van der Waals surface area contributed by atoms with E-state index >= 15 is 0 Å². The Labute approximate surface area is 186 Å². The smallest absolute Gasteiger partial charge is 0.420 e. The second-order valence-corrected chi connectivity index (χ2v) is 9.34. The third-order valence-corrected chi connectivity index (χ3v) is 4.27. The highest BCUT2D eigenvalue weighted by atomic mass is 19.2. The van der Waals surface area contributed by atoms with Crippen molar-refractivity contribution in [2.24, 2.45) is 5.73 Å². The van der Waals surface area contributed by atoms with E-state index in [1.807, 2.05) is 0 Å². The Balaban J connectivity index is 3.24. The molecule has 0 aliphatic carbocycles. The number of ether oxygens (including phenoxy) is 2. The molecule has 0 saturated carbocycles. The summed E-state index contributed by atoms with van der Waals surface area (Å²) in [5.41, 5.74) is 3.68. The summed E-state index contributed by atoms with van der Waals surface area (Å²) in [7, 11) is 0. The zero-order chi connectivity index (χ0) is 24.9. The van der Waals surface area contributed by atoms with Crippen molar-refractivity contribution in [1.82, 2.24) is 4.90 Å². The molecule has 0 aromatic heterocycles. The van der Waals surface area contributed by atoms with Crippen molar-refractivity contribution < 1.29 is 37.7 Å². The molecule has 0 heterocycles. The Morgan fingerprint density at radius 2 is 1.50 bits per heavy atom. The second-order valence-electron chi connectivity index (χ2n) is 9.34. The molecular weight excluding hydrogens is 426 g/mol. The van der Waals surface area contributed by atoms with Crippen molar-refractivity contribution >= 4 is 18.2 Å². The van der Waals surface area contributed by atoms with Crippen LogP contribution in [0, 0.1) is 11.6 Å². The minimum Gasteiger partial charge on any atom is -0.480 e. The molecule has 1 aromatic rings. The second kappa shape index (κ2) is 10.7. The lowest BCUT2D eigenvalue weighted by atomic mass is 9.91. The normalized spacial score (nSPS) is 13.8. The predicted molar refractivity (Wildman–Crippen MR) is 113 cm³/mol. The summed E-state index contributed by atoms with van der Waals surface area (Å²) in [6.45, 7) is 9.26. The highest BCUT2D eigenvalue weighted by Crippen LogP contribution is 2.27. The van der Waals surface area contributed by atoms with Crippen LogP contribution in [-0.4, -0.2) is 52.0 Å². The van der Waals surface area contributed by atoms with Gasteiger partial charge in [0.15, 0.2) is 11.6 Å². The van der Waals surface area contributed by atoms with Crippen molar-refractivity contribution in [3.8, 4) is 0 Å². The number of carbonyl (C=O) groups is 3. The summed E-state index contributed by atoms with van der Waals surface area (Å²) in [6.07, 6.45) is -2.72. The number of nitrogens with zero attached hydrogens (tertiary/aromatic N) is 1. The Morgan fingerprint density at radius 3 is 1.91 bits per heavy atom. The van der Waals surface area contributed by atoms with Gasteiger partial charge in [0.25, 0.3) is 0 Å². The van der Waals surface area contributed by atoms with E-state index in [1.165, 1.54) is 12.1 Å². The number of carboxylic acids is 1. The van der Waals surface area contributed by atoms with Crippen LogP contribution in [-0.2, 0) is 14.3 Å². The zero-order valence-corrected chi connectivity index (χ0v) is 19.3. The molecule has 0 saturated heterocycles. The summed E-state index contributed by atoms with van der Waals surface area (Å²) < 4.78 is 38.2. The summed E-state index contributed by atoms with van der Waals surface area (Å²) in [4.78, 5) is 37.9. The van der Waals surface area contributed by atoms with E-state index in [4.69, 9.17) is 15.2 Å². The Bertz CT molecular complexity index is 805. The monoisotopic (exact) mass is 458 g/mol. The number of carbonyl (C=O) groups excluding carboxylic acids is 2. The van der Waals surface area contributed by atoms with Gasteiger partial charge in [-0.3, -0.25) is 0 Å². The van der Waals surface area contributed by atoms with E-state index in [0.717, 1.165) is 6.07 Å². The zero-order valence-electron chi connectivity index (χ0n) is 19.3. The number of benzene rings is 1. The van der Waals surface area contributed by atoms with E-state index in [1.54, 1.807) is 41.5 Å². The summed E-state index contributed by atoms with van der Waals surface area (Å²) in [6, 6.07) is 1.95. The predicted octanol–water partition coefficient (Wildman–Crippen LogP) is 4.41. The van der Waals surface area contributed by atoms with E-state index in [9.17, 15) is 28.3 Å². The van der Waals surface area contributed by atoms with Crippen molar-refractivity contribution in [2.75, 3.05) is 6.54 Å². The third-order valence-electron chi connectivity index (χ3n) is 4.27. The molecule has 1 rings (SSSR count). The van der Waals surface area contributed by atoms with Gasteiger partial charge in [-0.1, -0.05) is 12.1 Å². The Morgan fingerprint density at radius 1 is 1.00 bits per heavy atom. The molecule has 3 N–H and O–H groups in total. The molecule has 1 unspecified atom stereocenters. The van der Waals surface area contributed by atoms with Gasteiger partial charge in [-0.05, 0) is 78.5 Å². The highest BCUT2D eigenvalue weighted by Gasteiger charge is 2.40. The molecule has 1 aromatic carbocycles. The minimum absolute atomic E-state index is 0.0160. The summed E-state index contributed by atoms with van der Waals surface area (Å²) in [5, 5.41) is 9.77. The first-order valence-corrected chi connectivity index (χ1v) is 10.2. The van der Waals surface area contributed by atoms with Crippen LogP contribution in [0.2, 0.25) is 0 Å². The van der Waals surface area contributed by atoms with E-state index < -0.39 is 53.0 Å². The number of imide groups is 1. The molecule has 0 aliphatic heterocycles. The van der Waals surface area contributed by atoms with Crippen molar-refractivity contribution in [3.63, 3.8) is 0 Å². The van der Waals surface area contributed by atoms with Crippen LogP contribution < -0.4 is 5.73 Å². The van der Waals surface area contributed by atoms with Gasteiger partial charge in [0.1, 0.15) is 17.2 Å². The van der Waals surface area contributed by atoms with Crippen LogP contribution in [0.1, 0.15) is 65.9 Å². The van der Waals surface area contributed by atoms with Gasteiger partial charge >= 0.3 is 18.2 Å². The number of rotatable bonds is 7. The number of hydrogen-bond acceptors (Lipinski definition) is 6. The van der Waals surface area contributed by atoms with Crippen molar-refractivity contribution in [2.45, 2.75) is 77.5 Å². The van der Waals surface area contributed by atoms with Crippen LogP contribution >= 0.6 is 0 Å². The average Bonchev–Trinajstić information content (AvgIpc) is 2.60. The van der Waals surface area contributed by atoms with Crippen LogP contribution in [0.15, 0.2) is 18.2 Å². The molecule has 8 nitrogen and oxygen atoms in total. The van der Waals surface area contributed by atoms with Gasteiger partial charge in [-0.2, -0.15) is 4.90 Å². The van der Waals surface area contributed by atoms with Crippen molar-refractivity contribution in [1.29, 1.82) is 0 Å². The minimum atomic E-state index is -1.68. The van der Waals surface area contributed by atoms with Gasteiger partial charge in [-0.25, -0.2) is 23.2 Å². The van der Waals surface area contributed by atoms with Crippen LogP contribution in [0.5, 0.6) is 0 Å². The number of halogens is 2. The number of nitrogens with two attached hydrogens (primary N) is 1. The maximum atomic E-state index is 14.2. The fraction of sp³-hybridized carbons (Fsp3) is 0.591. The molecule has 2 amide bonds. The first kappa shape index (κ1) is 27.3. The van der Waals surface area contributed by atoms with Crippen LogP contribution in [0.4, 0.5) is 18.4 Å². The first-order chi connectivity index (χ1) is 14.6. The molecule has 32 heavy (non-hydrogen) atoms. The molecule has 2 atom stereocenters. The number of hydrogen-bond donors (Lipinski definition) is 2. The topological polar surface area (TPSA) is 119 Å². The summed E-state index contributed by atoms with van der Waals surface area (Å²) >= 11 is 0. The van der Waals surface area contributed by atoms with Gasteiger partial charge in [0, 0.05) is 0 Å². The molecule has 10 heteroatoms. The fourth-order valence-electron chi connectivity index (χ4n) is 2.91. The molecule has 180 valence electrons. The van der Waals surface area contributed by atoms with Gasteiger partial charge in [0.05, 0.1) is 0 Å². The number of amides is 2. The molecule has 0 fully saturated rings. The van der Waals surface area contributed by atoms with E-state index in [2.05, 4.69) is 0 Å². The fourth-order valence-corrected chi connectivity index (χ4v) is 2.91. The quantitative estimate of drug-likeness (QED) is 0.621. The molecule has 0 spiro atoms.